The molecule has 0 unspecified atom stereocenters. The molecular weight excluding hydrogens is 428 g/mol. The second-order valence-corrected chi connectivity index (χ2v) is 14.7. The summed E-state index contributed by atoms with van der Waals surface area (Å²) in [4.78, 5) is 12.3. The Morgan fingerprint density at radius 3 is 2.31 bits per heavy atom. The lowest BCUT2D eigenvalue weighted by atomic mass is 9.44. The number of carbonyl (C=O) groups is 1. The molecule has 4 fully saturated rings. The quantitative estimate of drug-likeness (QED) is 0.303. The van der Waals surface area contributed by atoms with E-state index in [4.69, 9.17) is 4.74 Å². The van der Waals surface area contributed by atoms with Gasteiger partial charge in [0, 0.05) is 6.42 Å². The number of fused-ring (bicyclic) bond motifs is 5. The van der Waals surface area contributed by atoms with Gasteiger partial charge in [-0.15, -0.1) is 0 Å². The Morgan fingerprint density at radius 1 is 0.886 bits per heavy atom. The van der Waals surface area contributed by atoms with Gasteiger partial charge in [-0.05, 0) is 122 Å². The minimum atomic E-state index is 0.0523. The predicted octanol–water partition coefficient (Wildman–Crippen LogP) is 9.46. The van der Waals surface area contributed by atoms with E-state index < -0.39 is 0 Å². The number of ether oxygens (including phenoxy) is 1. The first-order valence-electron chi connectivity index (χ1n) is 15.8. The van der Waals surface area contributed by atoms with Gasteiger partial charge in [0.15, 0.2) is 0 Å². The summed E-state index contributed by atoms with van der Waals surface area (Å²) in [7, 11) is 0. The van der Waals surface area contributed by atoms with E-state index >= 15 is 0 Å². The fraction of sp³-hybridized carbons (Fsp3) is 0.970. The summed E-state index contributed by atoms with van der Waals surface area (Å²) in [5, 5.41) is 0. The van der Waals surface area contributed by atoms with Gasteiger partial charge >= 0.3 is 5.97 Å². The van der Waals surface area contributed by atoms with Crippen LogP contribution < -0.4 is 0 Å². The van der Waals surface area contributed by atoms with E-state index in [1.165, 1.54) is 57.8 Å². The number of hydrogen-bond acceptors (Lipinski definition) is 2. The van der Waals surface area contributed by atoms with Gasteiger partial charge in [0.1, 0.15) is 6.10 Å². The third kappa shape index (κ3) is 5.38. The van der Waals surface area contributed by atoms with Crippen molar-refractivity contribution in [3.8, 4) is 0 Å². The minimum absolute atomic E-state index is 0.0523. The number of unbranched alkanes of at least 4 members (excludes halogenated alkanes) is 1. The van der Waals surface area contributed by atoms with Crippen LogP contribution in [-0.2, 0) is 9.53 Å². The van der Waals surface area contributed by atoms with Gasteiger partial charge in [-0.3, -0.25) is 4.79 Å². The molecule has 4 saturated carbocycles. The summed E-state index contributed by atoms with van der Waals surface area (Å²) in [6.07, 6.45) is 17.9. The molecule has 0 bridgehead atoms. The molecule has 0 aromatic rings. The molecule has 202 valence electrons. The molecule has 2 nitrogen and oxygen atoms in total. The average Bonchev–Trinajstić information content (AvgIpc) is 3.18. The van der Waals surface area contributed by atoms with Gasteiger partial charge in [0.2, 0.25) is 0 Å². The van der Waals surface area contributed by atoms with E-state index in [0.29, 0.717) is 17.3 Å². The highest BCUT2D eigenvalue weighted by Gasteiger charge is 2.60. The Morgan fingerprint density at radius 2 is 1.60 bits per heavy atom. The number of esters is 1. The molecule has 0 heterocycles. The van der Waals surface area contributed by atoms with Crippen LogP contribution in [0.3, 0.4) is 0 Å². The van der Waals surface area contributed by atoms with Gasteiger partial charge < -0.3 is 4.74 Å². The first-order chi connectivity index (χ1) is 16.6. The summed E-state index contributed by atoms with van der Waals surface area (Å²) >= 11 is 0. The molecule has 4 rings (SSSR count). The van der Waals surface area contributed by atoms with Crippen molar-refractivity contribution in [3.05, 3.63) is 0 Å². The Kier molecular flexibility index (Phi) is 8.70. The Bertz CT molecular complexity index is 714. The fourth-order valence-corrected chi connectivity index (χ4v) is 9.93. The van der Waals surface area contributed by atoms with E-state index in [9.17, 15) is 4.79 Å². The second kappa shape index (κ2) is 11.1. The summed E-state index contributed by atoms with van der Waals surface area (Å²) in [6, 6.07) is 0. The van der Waals surface area contributed by atoms with Gasteiger partial charge in [-0.2, -0.15) is 0 Å². The molecule has 0 aliphatic heterocycles. The van der Waals surface area contributed by atoms with E-state index in [0.717, 1.165) is 73.0 Å². The Labute approximate surface area is 218 Å². The summed E-state index contributed by atoms with van der Waals surface area (Å²) in [6.45, 7) is 17.4. The lowest BCUT2D eigenvalue weighted by Crippen LogP contribution is -2.54. The van der Waals surface area contributed by atoms with Crippen molar-refractivity contribution in [2.45, 2.75) is 144 Å². The zero-order valence-corrected chi connectivity index (χ0v) is 24.4. The van der Waals surface area contributed by atoms with E-state index in [1.807, 2.05) is 0 Å². The van der Waals surface area contributed by atoms with Crippen LogP contribution in [0.15, 0.2) is 0 Å². The highest BCUT2D eigenvalue weighted by atomic mass is 16.5. The highest BCUT2D eigenvalue weighted by molar-refractivity contribution is 5.69. The van der Waals surface area contributed by atoms with Crippen molar-refractivity contribution < 1.29 is 9.53 Å². The van der Waals surface area contributed by atoms with Crippen LogP contribution >= 0.6 is 0 Å². The van der Waals surface area contributed by atoms with Crippen LogP contribution in [0.25, 0.3) is 0 Å². The lowest BCUT2D eigenvalue weighted by molar-refractivity contribution is -0.162. The van der Waals surface area contributed by atoms with E-state index in [-0.39, 0.29) is 12.1 Å². The molecule has 0 spiro atoms. The second-order valence-electron chi connectivity index (χ2n) is 14.7. The van der Waals surface area contributed by atoms with Crippen LogP contribution in [-0.4, -0.2) is 12.1 Å². The molecule has 0 aromatic heterocycles. The molecule has 4 aliphatic rings. The standard InChI is InChI=1S/C33H58O2/c1-8-9-10-31(34)35-26-17-19-32(6)25(21-26)13-14-27-29-16-15-28(33(29,7)20-18-30(27)32)24(5)12-11-23(4)22(2)3/h22-30H,8-21H2,1-7H3/t23-,24+,25-,26-,27-,28+,29-,30-,32-,33+/m0/s1. The lowest BCUT2D eigenvalue weighted by Gasteiger charge is -2.61. The maximum atomic E-state index is 12.3. The first-order valence-corrected chi connectivity index (χ1v) is 15.8. The van der Waals surface area contributed by atoms with Gasteiger partial charge in [0.05, 0.1) is 0 Å². The Hall–Kier alpha value is -0.530. The predicted molar refractivity (Wildman–Crippen MR) is 147 cm³/mol. The number of hydrogen-bond donors (Lipinski definition) is 0. The normalized spacial score (nSPS) is 42.6. The first kappa shape index (κ1) is 27.5. The van der Waals surface area contributed by atoms with Crippen molar-refractivity contribution in [3.63, 3.8) is 0 Å². The van der Waals surface area contributed by atoms with Crippen molar-refractivity contribution in [1.82, 2.24) is 0 Å². The van der Waals surface area contributed by atoms with Crippen LogP contribution in [0.5, 0.6) is 0 Å². The van der Waals surface area contributed by atoms with Crippen molar-refractivity contribution in [2.24, 2.45) is 58.2 Å². The maximum absolute atomic E-state index is 12.3. The topological polar surface area (TPSA) is 26.3 Å². The van der Waals surface area contributed by atoms with Crippen LogP contribution in [0.4, 0.5) is 0 Å². The molecule has 4 aliphatic carbocycles. The van der Waals surface area contributed by atoms with Gasteiger partial charge in [-0.25, -0.2) is 0 Å². The highest BCUT2D eigenvalue weighted by Crippen LogP contribution is 2.68. The maximum Gasteiger partial charge on any atom is 0.306 e. The molecule has 0 saturated heterocycles. The van der Waals surface area contributed by atoms with Crippen LogP contribution in [0, 0.1) is 58.2 Å². The third-order valence-electron chi connectivity index (χ3n) is 12.6. The fourth-order valence-electron chi connectivity index (χ4n) is 9.93. The minimum Gasteiger partial charge on any atom is -0.462 e. The van der Waals surface area contributed by atoms with Crippen molar-refractivity contribution >= 4 is 5.97 Å². The molecule has 2 heteroatoms. The third-order valence-corrected chi connectivity index (χ3v) is 12.6. The Balaban J connectivity index is 1.38. The number of carbonyl (C=O) groups excluding carboxylic acids is 1. The molecule has 0 aromatic carbocycles. The van der Waals surface area contributed by atoms with E-state index in [2.05, 4.69) is 48.5 Å². The van der Waals surface area contributed by atoms with Gasteiger partial charge in [-0.1, -0.05) is 67.7 Å². The SMILES string of the molecule is CCCCC(=O)O[C@H]1CC[C@@]2(C)[C@@H](CC[C@@H]3[C@@H]2CC[C@]2(C)[C@@H]([C@H](C)CC[C@H](C)C(C)C)CC[C@@H]32)C1. The van der Waals surface area contributed by atoms with Gasteiger partial charge in [0.25, 0.3) is 0 Å². The van der Waals surface area contributed by atoms with Crippen molar-refractivity contribution in [2.75, 3.05) is 0 Å². The summed E-state index contributed by atoms with van der Waals surface area (Å²) in [5.74, 6) is 7.13. The van der Waals surface area contributed by atoms with Crippen LogP contribution in [0.2, 0.25) is 0 Å². The van der Waals surface area contributed by atoms with E-state index in [1.54, 1.807) is 0 Å². The molecular formula is C33H58O2. The monoisotopic (exact) mass is 486 g/mol. The summed E-state index contributed by atoms with van der Waals surface area (Å²) < 4.78 is 5.96. The summed E-state index contributed by atoms with van der Waals surface area (Å²) in [5.41, 5.74) is 1.06. The van der Waals surface area contributed by atoms with Crippen LogP contribution in [0.1, 0.15) is 138 Å². The zero-order valence-electron chi connectivity index (χ0n) is 24.4. The molecule has 0 radical (unpaired) electrons. The smallest absolute Gasteiger partial charge is 0.306 e. The number of rotatable bonds is 9. The molecule has 35 heavy (non-hydrogen) atoms. The van der Waals surface area contributed by atoms with Crippen molar-refractivity contribution in [1.29, 1.82) is 0 Å². The zero-order chi connectivity index (χ0) is 25.4. The average molecular weight is 487 g/mol. The molecule has 0 amide bonds. The molecule has 0 N–H and O–H groups in total. The molecule has 10 atom stereocenters. The largest absolute Gasteiger partial charge is 0.462 e.